The monoisotopic (exact) mass is 445 g/mol. The lowest BCUT2D eigenvalue weighted by atomic mass is 9.97. The van der Waals surface area contributed by atoms with Gasteiger partial charge in [-0.15, -0.1) is 0 Å². The first-order valence-electron chi connectivity index (χ1n) is 10.5. The third kappa shape index (κ3) is 5.29. The fraction of sp³-hybridized carbons (Fsp3) is 0.217. The van der Waals surface area contributed by atoms with Crippen LogP contribution in [0.1, 0.15) is 23.3 Å². The van der Waals surface area contributed by atoms with E-state index in [-0.39, 0.29) is 23.4 Å². The van der Waals surface area contributed by atoms with E-state index >= 15 is 0 Å². The molecular weight excluding hydrogens is 422 g/mol. The van der Waals surface area contributed by atoms with Gasteiger partial charge in [0.2, 0.25) is 11.8 Å². The van der Waals surface area contributed by atoms with Gasteiger partial charge in [-0.1, -0.05) is 12.6 Å². The summed E-state index contributed by atoms with van der Waals surface area (Å²) in [6.07, 6.45) is 5.81. The molecular formula is C23H23N7O3. The highest BCUT2D eigenvalue weighted by Crippen LogP contribution is 2.20. The number of pyridine rings is 2. The van der Waals surface area contributed by atoms with Crippen molar-refractivity contribution >= 4 is 29.2 Å². The van der Waals surface area contributed by atoms with Crippen LogP contribution in [0, 0.1) is 5.92 Å². The number of likely N-dealkylation sites (tertiary alicyclic amines) is 1. The molecule has 3 aromatic rings. The van der Waals surface area contributed by atoms with Crippen LogP contribution in [-0.4, -0.2) is 55.9 Å². The van der Waals surface area contributed by atoms with E-state index in [1.807, 2.05) is 0 Å². The minimum absolute atomic E-state index is 0.168. The molecule has 0 saturated carbocycles. The number of hydrogen-bond donors (Lipinski definition) is 3. The Morgan fingerprint density at radius 3 is 2.76 bits per heavy atom. The summed E-state index contributed by atoms with van der Waals surface area (Å²) in [5.41, 5.74) is 2.04. The highest BCUT2D eigenvalue weighted by Gasteiger charge is 2.27. The first kappa shape index (κ1) is 21.9. The Morgan fingerprint density at radius 1 is 1.15 bits per heavy atom. The number of aromatic nitrogens is 4. The van der Waals surface area contributed by atoms with Gasteiger partial charge in [0, 0.05) is 19.3 Å². The van der Waals surface area contributed by atoms with Gasteiger partial charge < -0.3 is 15.5 Å². The molecule has 10 heteroatoms. The molecule has 10 nitrogen and oxygen atoms in total. The Labute approximate surface area is 190 Å². The molecule has 3 amide bonds. The largest absolute Gasteiger partial charge is 0.338 e. The summed E-state index contributed by atoms with van der Waals surface area (Å²) in [7, 11) is 0. The zero-order valence-electron chi connectivity index (χ0n) is 17.8. The molecule has 33 heavy (non-hydrogen) atoms. The molecule has 1 aliphatic rings. The van der Waals surface area contributed by atoms with E-state index in [9.17, 15) is 14.4 Å². The van der Waals surface area contributed by atoms with Crippen LogP contribution in [0.15, 0.2) is 61.4 Å². The number of hydrogen-bond acceptors (Lipinski definition) is 6. The van der Waals surface area contributed by atoms with Gasteiger partial charge in [0.25, 0.3) is 5.91 Å². The zero-order chi connectivity index (χ0) is 23.2. The Balaban J connectivity index is 1.35. The summed E-state index contributed by atoms with van der Waals surface area (Å²) in [5.74, 6) is -0.717. The van der Waals surface area contributed by atoms with Crippen LogP contribution >= 0.6 is 0 Å². The van der Waals surface area contributed by atoms with Gasteiger partial charge in [0.15, 0.2) is 0 Å². The molecule has 1 unspecified atom stereocenters. The van der Waals surface area contributed by atoms with Crippen LogP contribution in [0.4, 0.5) is 11.5 Å². The summed E-state index contributed by atoms with van der Waals surface area (Å²) in [6.45, 7) is 4.49. The number of carbonyl (C=O) groups excluding carboxylic acids is 3. The summed E-state index contributed by atoms with van der Waals surface area (Å²) < 4.78 is 0. The highest BCUT2D eigenvalue weighted by atomic mass is 16.2. The van der Waals surface area contributed by atoms with E-state index in [2.05, 4.69) is 37.4 Å². The molecule has 1 aliphatic heterocycles. The second kappa shape index (κ2) is 9.86. The molecule has 3 aromatic heterocycles. The summed E-state index contributed by atoms with van der Waals surface area (Å²) in [4.78, 5) is 47.2. The normalized spacial score (nSPS) is 15.5. The number of carbonyl (C=O) groups is 3. The topological polar surface area (TPSA) is 133 Å². The van der Waals surface area contributed by atoms with E-state index in [0.717, 1.165) is 6.42 Å². The van der Waals surface area contributed by atoms with Crippen LogP contribution in [0.25, 0.3) is 11.4 Å². The summed E-state index contributed by atoms with van der Waals surface area (Å²) >= 11 is 0. The molecule has 4 rings (SSSR count). The molecule has 0 bridgehead atoms. The summed E-state index contributed by atoms with van der Waals surface area (Å²) in [5, 5.41) is 12.2. The molecule has 4 heterocycles. The van der Waals surface area contributed by atoms with Gasteiger partial charge in [-0.05, 0) is 49.2 Å². The van der Waals surface area contributed by atoms with E-state index in [1.165, 1.54) is 12.3 Å². The standard InChI is InChI=1S/C23H23N7O3/c1-2-21(31)30-12-4-5-15(14-30)22(32)26-16-8-9-20(24-13-16)28-23(33)19-7-3-6-17(27-19)18-10-11-25-29-18/h2-3,6-11,13,15H,1,4-5,12,14H2,(H,25,29)(H,26,32)(H,24,28,33). The fourth-order valence-corrected chi connectivity index (χ4v) is 3.60. The number of nitrogens with one attached hydrogen (secondary N) is 3. The molecule has 1 fully saturated rings. The lowest BCUT2D eigenvalue weighted by Crippen LogP contribution is -2.43. The van der Waals surface area contributed by atoms with Gasteiger partial charge >= 0.3 is 0 Å². The number of piperidine rings is 1. The van der Waals surface area contributed by atoms with Gasteiger partial charge in [0.05, 0.1) is 29.2 Å². The molecule has 0 radical (unpaired) electrons. The van der Waals surface area contributed by atoms with Crippen LogP contribution in [-0.2, 0) is 9.59 Å². The minimum atomic E-state index is -0.408. The molecule has 3 N–H and O–H groups in total. The Hall–Kier alpha value is -4.34. The number of nitrogens with zero attached hydrogens (tertiary/aromatic N) is 4. The predicted octanol–water partition coefficient (Wildman–Crippen LogP) is 2.48. The van der Waals surface area contributed by atoms with Gasteiger partial charge in [-0.25, -0.2) is 9.97 Å². The minimum Gasteiger partial charge on any atom is -0.338 e. The smallest absolute Gasteiger partial charge is 0.275 e. The van der Waals surface area contributed by atoms with E-state index in [0.29, 0.717) is 42.4 Å². The van der Waals surface area contributed by atoms with E-state index in [1.54, 1.807) is 47.5 Å². The van der Waals surface area contributed by atoms with E-state index < -0.39 is 5.91 Å². The van der Waals surface area contributed by atoms with Crippen molar-refractivity contribution in [2.24, 2.45) is 5.92 Å². The molecule has 1 saturated heterocycles. The van der Waals surface area contributed by atoms with Gasteiger partial charge in [-0.3, -0.25) is 19.5 Å². The van der Waals surface area contributed by atoms with Crippen LogP contribution in [0.5, 0.6) is 0 Å². The third-order valence-electron chi connectivity index (χ3n) is 5.31. The quantitative estimate of drug-likeness (QED) is 0.499. The third-order valence-corrected chi connectivity index (χ3v) is 5.31. The van der Waals surface area contributed by atoms with Crippen LogP contribution < -0.4 is 10.6 Å². The van der Waals surface area contributed by atoms with Crippen molar-refractivity contribution in [3.63, 3.8) is 0 Å². The van der Waals surface area contributed by atoms with Crippen molar-refractivity contribution in [3.8, 4) is 11.4 Å². The number of rotatable bonds is 6. The SMILES string of the molecule is C=CC(=O)N1CCCC(C(=O)Nc2ccc(NC(=O)c3cccc(-c4ccn[nH]4)n3)nc2)C1. The molecule has 0 aliphatic carbocycles. The number of amides is 3. The number of aromatic amines is 1. The van der Waals surface area contributed by atoms with Crippen molar-refractivity contribution in [2.75, 3.05) is 23.7 Å². The van der Waals surface area contributed by atoms with Gasteiger partial charge in [-0.2, -0.15) is 5.10 Å². The maximum absolute atomic E-state index is 12.6. The molecule has 1 atom stereocenters. The van der Waals surface area contributed by atoms with Crippen molar-refractivity contribution in [1.29, 1.82) is 0 Å². The number of anilines is 2. The van der Waals surface area contributed by atoms with Crippen molar-refractivity contribution in [3.05, 3.63) is 67.1 Å². The predicted molar refractivity (Wildman–Crippen MR) is 122 cm³/mol. The lowest BCUT2D eigenvalue weighted by molar-refractivity contribution is -0.130. The molecule has 0 spiro atoms. The number of H-pyrrole nitrogens is 1. The maximum Gasteiger partial charge on any atom is 0.275 e. The fourth-order valence-electron chi connectivity index (χ4n) is 3.60. The van der Waals surface area contributed by atoms with E-state index in [4.69, 9.17) is 0 Å². The zero-order valence-corrected chi connectivity index (χ0v) is 17.8. The Bertz CT molecular complexity index is 1160. The van der Waals surface area contributed by atoms with Crippen molar-refractivity contribution in [2.45, 2.75) is 12.8 Å². The first-order chi connectivity index (χ1) is 16.0. The van der Waals surface area contributed by atoms with Gasteiger partial charge in [0.1, 0.15) is 11.5 Å². The maximum atomic E-state index is 12.6. The lowest BCUT2D eigenvalue weighted by Gasteiger charge is -2.31. The highest BCUT2D eigenvalue weighted by molar-refractivity contribution is 6.02. The Kier molecular flexibility index (Phi) is 6.53. The average Bonchev–Trinajstić information content (AvgIpc) is 3.40. The summed E-state index contributed by atoms with van der Waals surface area (Å²) in [6, 6.07) is 10.1. The van der Waals surface area contributed by atoms with Crippen LogP contribution in [0.3, 0.4) is 0 Å². The first-order valence-corrected chi connectivity index (χ1v) is 10.5. The van der Waals surface area contributed by atoms with Crippen molar-refractivity contribution < 1.29 is 14.4 Å². The molecule has 168 valence electrons. The second-order valence-corrected chi connectivity index (χ2v) is 7.58. The Morgan fingerprint density at radius 2 is 2.03 bits per heavy atom. The van der Waals surface area contributed by atoms with Crippen molar-refractivity contribution in [1.82, 2.24) is 25.1 Å². The molecule has 0 aromatic carbocycles. The second-order valence-electron chi connectivity index (χ2n) is 7.58. The average molecular weight is 445 g/mol. The van der Waals surface area contributed by atoms with Crippen LogP contribution in [0.2, 0.25) is 0 Å².